The van der Waals surface area contributed by atoms with Crippen LogP contribution < -0.4 is 0 Å². The zero-order valence-corrected chi connectivity index (χ0v) is 12.3. The molecule has 0 saturated carbocycles. The van der Waals surface area contributed by atoms with Crippen LogP contribution in [0, 0.1) is 0 Å². The number of alkyl halides is 12. The molecule has 0 fully saturated rings. The van der Waals surface area contributed by atoms with Gasteiger partial charge in [-0.05, 0) is 0 Å². The van der Waals surface area contributed by atoms with Crippen molar-refractivity contribution in [3.05, 3.63) is 11.7 Å². The molecule has 1 N–H and O–H groups in total. The van der Waals surface area contributed by atoms with Crippen LogP contribution in [0.1, 0.15) is 0 Å². The molecule has 162 valence electrons. The molecule has 0 aromatic heterocycles. The first-order valence-electron chi connectivity index (χ1n) is 5.37. The van der Waals surface area contributed by atoms with Crippen LogP contribution in [-0.4, -0.2) is 48.7 Å². The van der Waals surface area contributed by atoms with E-state index in [0.29, 0.717) is 0 Å². The first kappa shape index (κ1) is 25.6. The van der Waals surface area contributed by atoms with Gasteiger partial charge in [0, 0.05) is 0 Å². The predicted molar refractivity (Wildman–Crippen MR) is 52.6 cm³/mol. The molecule has 0 aliphatic rings. The molecule has 0 bridgehead atoms. The van der Waals surface area contributed by atoms with Gasteiger partial charge in [0.05, 0.1) is 0 Å². The number of allylic oxidation sites excluding steroid dienone is 2. The molecule has 19 heteroatoms. The molecule has 0 radical (unpaired) electrons. The summed E-state index contributed by atoms with van der Waals surface area (Å²) in [6.07, 6.45) is -19.9. The average Bonchev–Trinajstić information content (AvgIpc) is 2.42. The van der Waals surface area contributed by atoms with E-state index in [1.807, 2.05) is 0 Å². The zero-order valence-electron chi connectivity index (χ0n) is 11.4. The van der Waals surface area contributed by atoms with Crippen LogP contribution in [0.3, 0.4) is 0 Å². The topological polar surface area (TPSA) is 63.6 Å². The Kier molecular flexibility index (Phi) is 6.55. The summed E-state index contributed by atoms with van der Waals surface area (Å²) < 4.78 is 205. The van der Waals surface area contributed by atoms with Gasteiger partial charge >= 0.3 is 39.4 Å². The Morgan fingerprint density at radius 3 is 1.48 bits per heavy atom. The summed E-state index contributed by atoms with van der Waals surface area (Å²) >= 11 is 0. The highest BCUT2D eigenvalue weighted by molar-refractivity contribution is 7.86. The van der Waals surface area contributed by atoms with Gasteiger partial charge in [-0.1, -0.05) is 0 Å². The molecule has 0 saturated heterocycles. The summed E-state index contributed by atoms with van der Waals surface area (Å²) in [5.74, 6) is -23.8. The van der Waals surface area contributed by atoms with Gasteiger partial charge in [-0.25, -0.2) is 22.3 Å². The molecular weight excluding hydrogens is 458 g/mol. The maximum atomic E-state index is 13.0. The van der Waals surface area contributed by atoms with Gasteiger partial charge in [-0.15, -0.1) is 0 Å². The average molecular weight is 460 g/mol. The third-order valence-corrected chi connectivity index (χ3v) is 3.24. The third kappa shape index (κ3) is 4.23. The first-order valence-corrected chi connectivity index (χ1v) is 6.81. The van der Waals surface area contributed by atoms with Crippen molar-refractivity contribution in [1.82, 2.24) is 0 Å². The molecule has 0 unspecified atom stereocenters. The van der Waals surface area contributed by atoms with Gasteiger partial charge < -0.3 is 0 Å². The van der Waals surface area contributed by atoms with E-state index in [0.717, 1.165) is 0 Å². The Hall–Kier alpha value is -1.37. The van der Waals surface area contributed by atoms with Crippen LogP contribution >= 0.6 is 0 Å². The fraction of sp³-hybridized carbons (Fsp3) is 0.750. The Balaban J connectivity index is 6.25. The fourth-order valence-electron chi connectivity index (χ4n) is 1.00. The van der Waals surface area contributed by atoms with Crippen LogP contribution in [0.4, 0.5) is 61.5 Å². The van der Waals surface area contributed by atoms with Crippen molar-refractivity contribution in [2.24, 2.45) is 0 Å². The molecule has 0 heterocycles. The summed E-state index contributed by atoms with van der Waals surface area (Å²) in [6, 6.07) is 0. The zero-order chi connectivity index (χ0) is 22.4. The lowest BCUT2D eigenvalue weighted by Crippen LogP contribution is -2.61. The fourth-order valence-corrected chi connectivity index (χ4v) is 1.34. The first-order chi connectivity index (χ1) is 11.5. The molecule has 0 rings (SSSR count). The molecule has 0 aliphatic carbocycles. The lowest BCUT2D eigenvalue weighted by Gasteiger charge is -2.34. The van der Waals surface area contributed by atoms with Crippen molar-refractivity contribution in [3.63, 3.8) is 0 Å². The van der Waals surface area contributed by atoms with Crippen molar-refractivity contribution >= 4 is 10.1 Å². The van der Waals surface area contributed by atoms with Crippen LogP contribution in [0.5, 0.6) is 0 Å². The number of halogens is 14. The second-order valence-electron chi connectivity index (χ2n) is 4.24. The van der Waals surface area contributed by atoms with E-state index in [1.54, 1.807) is 0 Å². The van der Waals surface area contributed by atoms with Crippen molar-refractivity contribution in [2.45, 2.75) is 35.7 Å². The highest BCUT2D eigenvalue weighted by atomic mass is 32.2. The minimum Gasteiger partial charge on any atom is -0.281 e. The maximum absolute atomic E-state index is 13.0. The Labute approximate surface area is 138 Å². The molecule has 0 spiro atoms. The number of ether oxygens (including phenoxy) is 1. The van der Waals surface area contributed by atoms with E-state index in [9.17, 15) is 69.9 Å². The minimum absolute atomic E-state index is 1.37. The Bertz CT molecular complexity index is 696. The summed E-state index contributed by atoms with van der Waals surface area (Å²) in [6.45, 7) is 0. The molecule has 4 nitrogen and oxygen atoms in total. The molecule has 27 heavy (non-hydrogen) atoms. The Morgan fingerprint density at radius 2 is 1.19 bits per heavy atom. The second-order valence-corrected chi connectivity index (χ2v) is 5.70. The van der Waals surface area contributed by atoms with Crippen LogP contribution in [-0.2, 0) is 14.9 Å². The van der Waals surface area contributed by atoms with E-state index in [-0.39, 0.29) is 0 Å². The van der Waals surface area contributed by atoms with Crippen molar-refractivity contribution in [1.29, 1.82) is 0 Å². The molecule has 0 aromatic carbocycles. The third-order valence-electron chi connectivity index (χ3n) is 2.36. The number of hydrogen-bond donors (Lipinski definition) is 1. The van der Waals surface area contributed by atoms with Crippen LogP contribution in [0.15, 0.2) is 11.7 Å². The molecule has 0 aliphatic heterocycles. The smallest absolute Gasteiger partial charge is 0.281 e. The highest BCUT2D eigenvalue weighted by Gasteiger charge is 2.80. The van der Waals surface area contributed by atoms with Gasteiger partial charge in [0.1, 0.15) is 0 Å². The lowest BCUT2D eigenvalue weighted by molar-refractivity contribution is -0.474. The summed E-state index contributed by atoms with van der Waals surface area (Å²) in [4.78, 5) is 0. The van der Waals surface area contributed by atoms with Gasteiger partial charge in [0.15, 0.2) is 0 Å². The summed E-state index contributed by atoms with van der Waals surface area (Å²) in [5, 5.41) is -7.13. The number of hydrogen-bond acceptors (Lipinski definition) is 3. The standard InChI is InChI=1S/C8H2F14O4S/c9-1(3(11)12)2(10)4(13,14)5(15,16)6(17,18)26-7(19,20)8(21,22)27(23,24)25/h3H,(H,23,24,25)/b2-1+. The van der Waals surface area contributed by atoms with Crippen LogP contribution in [0.25, 0.3) is 0 Å². The monoisotopic (exact) mass is 460 g/mol. The van der Waals surface area contributed by atoms with Gasteiger partial charge in [-0.2, -0.15) is 52.3 Å². The minimum atomic E-state index is -7.75. The maximum Gasteiger partial charge on any atom is 0.460 e. The van der Waals surface area contributed by atoms with E-state index >= 15 is 0 Å². The highest BCUT2D eigenvalue weighted by Crippen LogP contribution is 2.54. The van der Waals surface area contributed by atoms with Crippen LogP contribution in [0.2, 0.25) is 0 Å². The normalized spacial score (nSPS) is 16.6. The van der Waals surface area contributed by atoms with Gasteiger partial charge in [-0.3, -0.25) is 4.55 Å². The molecule has 0 aromatic rings. The SMILES string of the molecule is O=S(=O)(O)C(F)(F)C(F)(F)OC(F)(F)C(F)(F)C(F)(F)/C(F)=C(\F)C(F)F. The summed E-state index contributed by atoms with van der Waals surface area (Å²) in [7, 11) is -7.37. The summed E-state index contributed by atoms with van der Waals surface area (Å²) in [5.41, 5.74) is 0. The van der Waals surface area contributed by atoms with Gasteiger partial charge in [0.25, 0.3) is 6.43 Å². The van der Waals surface area contributed by atoms with Crippen molar-refractivity contribution in [2.75, 3.05) is 0 Å². The van der Waals surface area contributed by atoms with E-state index in [4.69, 9.17) is 4.55 Å². The lowest BCUT2D eigenvalue weighted by atomic mass is 10.1. The van der Waals surface area contributed by atoms with E-state index < -0.39 is 57.5 Å². The Morgan fingerprint density at radius 1 is 0.815 bits per heavy atom. The molecular formula is C8H2F14O4S. The van der Waals surface area contributed by atoms with Crippen molar-refractivity contribution < 1.29 is 79.2 Å². The van der Waals surface area contributed by atoms with Crippen molar-refractivity contribution in [3.8, 4) is 0 Å². The molecule has 0 atom stereocenters. The predicted octanol–water partition coefficient (Wildman–Crippen LogP) is 4.36. The number of rotatable bonds is 8. The second kappa shape index (κ2) is 6.90. The van der Waals surface area contributed by atoms with E-state index in [2.05, 4.69) is 0 Å². The quantitative estimate of drug-likeness (QED) is 0.432. The molecule has 0 amide bonds. The largest absolute Gasteiger partial charge is 0.460 e. The van der Waals surface area contributed by atoms with Gasteiger partial charge in [0.2, 0.25) is 11.7 Å². The van der Waals surface area contributed by atoms with E-state index in [1.165, 1.54) is 4.74 Å².